The minimum atomic E-state index is -2.78. The Bertz CT molecular complexity index is 3590. The molecule has 0 aliphatic rings. The maximum Gasteiger partial charge on any atom is 0.0708 e. The molecule has 0 aliphatic heterocycles. The van der Waals surface area contributed by atoms with Crippen molar-refractivity contribution in [1.29, 1.82) is 0 Å². The summed E-state index contributed by atoms with van der Waals surface area (Å²) in [5.74, 6) is 0. The fourth-order valence-electron chi connectivity index (χ4n) is 8.66. The van der Waals surface area contributed by atoms with E-state index in [4.69, 9.17) is 4.11 Å². The van der Waals surface area contributed by atoms with Crippen LogP contribution in [-0.2, 0) is 43.7 Å². The lowest BCUT2D eigenvalue weighted by Gasteiger charge is -2.26. The second-order valence-corrected chi connectivity index (χ2v) is 19.2. The smallest absolute Gasteiger partial charge is 0.0708 e. The molecule has 338 valence electrons. The third-order valence-corrected chi connectivity index (χ3v) is 12.1. The van der Waals surface area contributed by atoms with E-state index in [1.807, 2.05) is 156 Å². The van der Waals surface area contributed by atoms with E-state index in [2.05, 4.69) is 15.0 Å². The highest BCUT2D eigenvalue weighted by atomic mass is 14.7. The molecular weight excluding hydrogens is 823 g/mol. The molecule has 3 heteroatoms. The van der Waals surface area contributed by atoms with Gasteiger partial charge in [-0.3, -0.25) is 15.0 Å². The third kappa shape index (κ3) is 11.5. The zero-order chi connectivity index (χ0) is 56.8. The lowest BCUT2D eigenvalue weighted by Crippen LogP contribution is -2.20. The largest absolute Gasteiger partial charge is 0.256 e. The Morgan fingerprint density at radius 1 is 0.412 bits per heavy atom. The van der Waals surface area contributed by atoms with E-state index in [0.717, 1.165) is 38.9 Å². The van der Waals surface area contributed by atoms with Crippen molar-refractivity contribution in [3.8, 4) is 56.0 Å². The van der Waals surface area contributed by atoms with Gasteiger partial charge in [-0.2, -0.15) is 0 Å². The number of aromatic nitrogens is 3. The fourth-order valence-corrected chi connectivity index (χ4v) is 8.66. The van der Waals surface area contributed by atoms with Gasteiger partial charge in [-0.15, -0.1) is 0 Å². The van der Waals surface area contributed by atoms with Crippen molar-refractivity contribution in [3.05, 3.63) is 245 Å². The highest BCUT2D eigenvalue weighted by Gasteiger charge is 2.23. The molecule has 9 aromatic rings. The highest BCUT2D eigenvalue weighted by molar-refractivity contribution is 5.77. The molecule has 0 atom stereocenters. The van der Waals surface area contributed by atoms with Crippen molar-refractivity contribution in [2.45, 2.75) is 85.2 Å². The van der Waals surface area contributed by atoms with E-state index in [0.29, 0.717) is 40.2 Å². The summed E-state index contributed by atoms with van der Waals surface area (Å²) in [6, 6.07) is 54.6. The third-order valence-electron chi connectivity index (χ3n) is 12.1. The van der Waals surface area contributed by atoms with Crippen LogP contribution in [0.15, 0.2) is 201 Å². The van der Waals surface area contributed by atoms with Crippen molar-refractivity contribution in [1.82, 2.24) is 15.0 Å². The van der Waals surface area contributed by atoms with Crippen LogP contribution in [0.4, 0.5) is 0 Å². The molecule has 0 aliphatic carbocycles. The number of rotatable bonds is 15. The first-order valence-corrected chi connectivity index (χ1v) is 23.1. The van der Waals surface area contributed by atoms with Crippen LogP contribution in [0.2, 0.25) is 0 Å². The van der Waals surface area contributed by atoms with Crippen LogP contribution in [0, 0.1) is 12.3 Å². The summed E-state index contributed by atoms with van der Waals surface area (Å²) in [5, 5.41) is 0. The standard InChI is InChI=1S/C65H63N3/c1-46-45-68-63(42-60(46)56-18-14-17-55(40-56)51-15-8-7-9-16-51)54-31-33-59(34-32-54)65(5,6)43-50-38-48(22-21-47-23-27-53(28-24-47)61-19-10-12-35-66-61)37-49(39-50)25-26-52-29-30-57(62-20-11-13-36-67-62)41-58(52)44-64(2,3)4/h7-20,23-24,27-42,45H,21-22,25-26,43-44H2,1-6H3/i1D3,21D2,22D2,25D2,26D2. The van der Waals surface area contributed by atoms with Crippen LogP contribution in [0.25, 0.3) is 56.0 Å². The topological polar surface area (TPSA) is 38.7 Å². The van der Waals surface area contributed by atoms with Crippen LogP contribution in [0.3, 0.4) is 0 Å². The molecule has 3 nitrogen and oxygen atoms in total. The summed E-state index contributed by atoms with van der Waals surface area (Å²) >= 11 is 0. The SMILES string of the molecule is [2H]C([2H])([2H])c1cnc(-c2ccc(C(C)(C)Cc3cc(C([2H])([2H])C([2H])([2H])c4ccc(-c5ccccn5)cc4)cc(C([2H])([2H])C([2H])([2H])c4ccc(-c5ccccn5)cc4CC(C)(C)C)c3)cc2)cc1-c1cccc(-c2ccccc2)c1. The van der Waals surface area contributed by atoms with Gasteiger partial charge in [0.05, 0.1) is 17.1 Å². The molecule has 0 spiro atoms. The van der Waals surface area contributed by atoms with Crippen molar-refractivity contribution in [2.75, 3.05) is 0 Å². The van der Waals surface area contributed by atoms with Gasteiger partial charge < -0.3 is 0 Å². The van der Waals surface area contributed by atoms with E-state index >= 15 is 0 Å². The second-order valence-electron chi connectivity index (χ2n) is 19.2. The number of hydrogen-bond donors (Lipinski definition) is 0. The molecule has 0 amide bonds. The van der Waals surface area contributed by atoms with Crippen molar-refractivity contribution < 1.29 is 15.1 Å². The summed E-state index contributed by atoms with van der Waals surface area (Å²) in [7, 11) is 0. The Labute approximate surface area is 420 Å². The molecule has 0 N–H and O–H groups in total. The first-order valence-electron chi connectivity index (χ1n) is 28.6. The number of aryl methyl sites for hydroxylation is 5. The molecule has 0 radical (unpaired) electrons. The van der Waals surface area contributed by atoms with Gasteiger partial charge in [-0.1, -0.05) is 174 Å². The predicted molar refractivity (Wildman–Crippen MR) is 286 cm³/mol. The van der Waals surface area contributed by atoms with Crippen molar-refractivity contribution in [2.24, 2.45) is 5.41 Å². The normalized spacial score (nSPS) is 15.2. The molecule has 0 unspecified atom stereocenters. The quantitative estimate of drug-likeness (QED) is 0.103. The van der Waals surface area contributed by atoms with Crippen LogP contribution in [0.5, 0.6) is 0 Å². The maximum atomic E-state index is 9.86. The Balaban J connectivity index is 1.10. The average molecular weight is 897 g/mol. The highest BCUT2D eigenvalue weighted by Crippen LogP contribution is 2.35. The van der Waals surface area contributed by atoms with Crippen molar-refractivity contribution in [3.63, 3.8) is 0 Å². The van der Waals surface area contributed by atoms with Gasteiger partial charge in [-0.25, -0.2) is 0 Å². The Morgan fingerprint density at radius 3 is 1.68 bits per heavy atom. The van der Waals surface area contributed by atoms with Gasteiger partial charge in [-0.05, 0) is 165 Å². The van der Waals surface area contributed by atoms with Crippen LogP contribution in [-0.4, -0.2) is 15.0 Å². The molecule has 9 rings (SSSR count). The van der Waals surface area contributed by atoms with E-state index < -0.39 is 37.8 Å². The Morgan fingerprint density at radius 2 is 1.00 bits per heavy atom. The van der Waals surface area contributed by atoms with Gasteiger partial charge in [0.15, 0.2) is 0 Å². The monoisotopic (exact) mass is 897 g/mol. The van der Waals surface area contributed by atoms with E-state index in [1.54, 1.807) is 67.0 Å². The summed E-state index contributed by atoms with van der Waals surface area (Å²) in [4.78, 5) is 13.6. The summed E-state index contributed by atoms with van der Waals surface area (Å²) in [6.07, 6.45) is -5.43. The first-order chi connectivity index (χ1) is 37.2. The van der Waals surface area contributed by atoms with E-state index in [1.165, 1.54) is 12.3 Å². The molecule has 0 saturated heterocycles. The van der Waals surface area contributed by atoms with Gasteiger partial charge in [0.25, 0.3) is 0 Å². The lowest BCUT2D eigenvalue weighted by atomic mass is 9.78. The molecule has 0 bridgehead atoms. The molecule has 0 fully saturated rings. The zero-order valence-corrected chi connectivity index (χ0v) is 39.3. The van der Waals surface area contributed by atoms with Crippen LogP contribution >= 0.6 is 0 Å². The molecule has 3 heterocycles. The number of benzene rings is 6. The van der Waals surface area contributed by atoms with Crippen molar-refractivity contribution >= 4 is 0 Å². The maximum absolute atomic E-state index is 9.86. The Hall–Kier alpha value is -7.23. The number of pyridine rings is 3. The number of nitrogens with zero attached hydrogens (tertiary/aromatic N) is 3. The summed E-state index contributed by atoms with van der Waals surface area (Å²) < 4.78 is 103. The molecule has 3 aromatic heterocycles. The minimum Gasteiger partial charge on any atom is -0.256 e. The fraction of sp³-hybridized carbons (Fsp3) is 0.215. The van der Waals surface area contributed by atoms with Gasteiger partial charge >= 0.3 is 0 Å². The first kappa shape index (κ1) is 34.1. The Kier molecular flexibility index (Phi) is 10.2. The molecule has 6 aromatic carbocycles. The van der Waals surface area contributed by atoms with Gasteiger partial charge in [0, 0.05) is 50.4 Å². The van der Waals surface area contributed by atoms with E-state index in [-0.39, 0.29) is 39.7 Å². The summed E-state index contributed by atoms with van der Waals surface area (Å²) in [6.45, 7) is 7.74. The molecule has 68 heavy (non-hydrogen) atoms. The lowest BCUT2D eigenvalue weighted by molar-refractivity contribution is 0.410. The van der Waals surface area contributed by atoms with Gasteiger partial charge in [0.2, 0.25) is 0 Å². The van der Waals surface area contributed by atoms with Crippen LogP contribution < -0.4 is 0 Å². The predicted octanol–water partition coefficient (Wildman–Crippen LogP) is 16.2. The van der Waals surface area contributed by atoms with Gasteiger partial charge in [0.1, 0.15) is 0 Å². The molecular formula is C65H63N3. The average Bonchev–Trinajstić information content (AvgIpc) is 3.45. The van der Waals surface area contributed by atoms with E-state index in [9.17, 15) is 11.0 Å². The molecule has 0 saturated carbocycles. The zero-order valence-electron chi connectivity index (χ0n) is 50.3. The van der Waals surface area contributed by atoms with Crippen LogP contribution in [0.1, 0.15) is 94.2 Å². The second kappa shape index (κ2) is 20.3. The number of hydrogen-bond acceptors (Lipinski definition) is 3. The minimum absolute atomic E-state index is 0.0677. The summed E-state index contributed by atoms with van der Waals surface area (Å²) in [5.41, 5.74) is 8.49.